The number of likely N-dealkylation sites (tertiary alicyclic amines) is 1. The molecule has 4 nitrogen and oxygen atoms in total. The van der Waals surface area contributed by atoms with E-state index < -0.39 is 6.10 Å². The maximum atomic E-state index is 13.7. The fourth-order valence-electron chi connectivity index (χ4n) is 5.22. The van der Waals surface area contributed by atoms with Crippen LogP contribution in [0.15, 0.2) is 42.5 Å². The lowest BCUT2D eigenvalue weighted by Gasteiger charge is -2.19. The van der Waals surface area contributed by atoms with Gasteiger partial charge < -0.3 is 14.7 Å². The average molecular weight is 426 g/mol. The quantitative estimate of drug-likeness (QED) is 0.699. The minimum Gasteiger partial charge on any atom is -0.494 e. The third-order valence-corrected chi connectivity index (χ3v) is 7.05. The van der Waals surface area contributed by atoms with Gasteiger partial charge in [-0.2, -0.15) is 0 Å². The number of carbonyl (C=O) groups excluding carboxylic acids is 1. The molecule has 1 aliphatic carbocycles. The van der Waals surface area contributed by atoms with Gasteiger partial charge in [-0.05, 0) is 85.3 Å². The van der Waals surface area contributed by atoms with E-state index in [1.54, 1.807) is 4.90 Å². The first kappa shape index (κ1) is 21.8. The second kappa shape index (κ2) is 9.39. The van der Waals surface area contributed by atoms with E-state index in [-0.39, 0.29) is 11.7 Å². The molecule has 1 saturated carbocycles. The van der Waals surface area contributed by atoms with Crippen LogP contribution in [-0.4, -0.2) is 42.2 Å². The van der Waals surface area contributed by atoms with Gasteiger partial charge in [0.15, 0.2) is 11.6 Å². The average Bonchev–Trinajstić information content (AvgIpc) is 3.43. The van der Waals surface area contributed by atoms with Crippen molar-refractivity contribution in [3.05, 3.63) is 65.0 Å². The Balaban J connectivity index is 1.34. The molecule has 2 aromatic rings. The molecule has 0 aromatic heterocycles. The van der Waals surface area contributed by atoms with Crippen LogP contribution in [0.2, 0.25) is 0 Å². The molecule has 0 radical (unpaired) electrons. The monoisotopic (exact) mass is 425 g/mol. The standard InChI is InChI=1S/C26H32FNO3/c1-17(21-9-10-24(27)25(15-21)31-2)13-18-3-4-22(14-18)19-5-7-20(8-6-19)26(30)28-12-11-23(29)16-28/h5-10,15,17-18,22-23,29H,3-4,11-14,16H2,1-2H3/t17-,18+,22+,23+/m0/s1. The summed E-state index contributed by atoms with van der Waals surface area (Å²) >= 11 is 0. The highest BCUT2D eigenvalue weighted by molar-refractivity contribution is 5.94. The van der Waals surface area contributed by atoms with Crippen molar-refractivity contribution in [2.75, 3.05) is 20.2 Å². The summed E-state index contributed by atoms with van der Waals surface area (Å²) in [5.74, 6) is 1.53. The number of halogens is 1. The van der Waals surface area contributed by atoms with Crippen molar-refractivity contribution >= 4 is 5.91 Å². The minimum atomic E-state index is -0.392. The normalized spacial score (nSPS) is 24.4. The van der Waals surface area contributed by atoms with E-state index >= 15 is 0 Å². The molecule has 0 spiro atoms. The number of carbonyl (C=O) groups is 1. The number of nitrogens with zero attached hydrogens (tertiary/aromatic N) is 1. The number of rotatable bonds is 6. The molecule has 166 valence electrons. The summed E-state index contributed by atoms with van der Waals surface area (Å²) in [7, 11) is 1.50. The molecule has 4 atom stereocenters. The highest BCUT2D eigenvalue weighted by Gasteiger charge is 2.29. The highest BCUT2D eigenvalue weighted by Crippen LogP contribution is 2.42. The van der Waals surface area contributed by atoms with Gasteiger partial charge in [0.2, 0.25) is 0 Å². The Hall–Kier alpha value is -2.40. The SMILES string of the molecule is COc1cc([C@@H](C)C[C@H]2CC[C@@H](c3ccc(C(=O)N4CC[C@@H](O)C4)cc3)C2)ccc1F. The summed E-state index contributed by atoms with van der Waals surface area (Å²) in [5.41, 5.74) is 3.12. The molecule has 1 saturated heterocycles. The fraction of sp³-hybridized carbons (Fsp3) is 0.500. The smallest absolute Gasteiger partial charge is 0.253 e. The van der Waals surface area contributed by atoms with Crippen LogP contribution in [0, 0.1) is 11.7 Å². The first-order valence-electron chi connectivity index (χ1n) is 11.3. The number of hydrogen-bond donors (Lipinski definition) is 1. The number of β-amino-alcohol motifs (C(OH)–C–C–N with tert-alkyl or cyclic N) is 1. The number of aliphatic hydroxyl groups is 1. The maximum Gasteiger partial charge on any atom is 0.253 e. The molecule has 1 N–H and O–H groups in total. The first-order chi connectivity index (χ1) is 14.9. The maximum absolute atomic E-state index is 13.7. The first-order valence-corrected chi connectivity index (χ1v) is 11.3. The summed E-state index contributed by atoms with van der Waals surface area (Å²) in [4.78, 5) is 14.3. The zero-order valence-electron chi connectivity index (χ0n) is 18.4. The van der Waals surface area contributed by atoms with Crippen LogP contribution in [0.25, 0.3) is 0 Å². The number of amides is 1. The lowest BCUT2D eigenvalue weighted by atomic mass is 9.88. The Bertz CT molecular complexity index is 913. The van der Waals surface area contributed by atoms with Crippen LogP contribution in [0.5, 0.6) is 5.75 Å². The van der Waals surface area contributed by atoms with Crippen molar-refractivity contribution in [3.8, 4) is 5.75 Å². The topological polar surface area (TPSA) is 49.8 Å². The lowest BCUT2D eigenvalue weighted by molar-refractivity contribution is 0.0765. The zero-order chi connectivity index (χ0) is 22.0. The second-order valence-electron chi connectivity index (χ2n) is 9.22. The Labute approximate surface area is 184 Å². The third-order valence-electron chi connectivity index (χ3n) is 7.05. The summed E-state index contributed by atoms with van der Waals surface area (Å²) < 4.78 is 18.8. The van der Waals surface area contributed by atoms with Gasteiger partial charge in [0, 0.05) is 18.7 Å². The summed E-state index contributed by atoms with van der Waals surface area (Å²) in [6, 6.07) is 13.2. The zero-order valence-corrected chi connectivity index (χ0v) is 18.4. The molecule has 2 aromatic carbocycles. The highest BCUT2D eigenvalue weighted by atomic mass is 19.1. The van der Waals surface area contributed by atoms with Crippen LogP contribution in [0.4, 0.5) is 4.39 Å². The molecule has 0 unspecified atom stereocenters. The van der Waals surface area contributed by atoms with Crippen molar-refractivity contribution in [2.45, 2.75) is 57.0 Å². The molecule has 1 amide bonds. The van der Waals surface area contributed by atoms with Crippen molar-refractivity contribution in [2.24, 2.45) is 5.92 Å². The van der Waals surface area contributed by atoms with Gasteiger partial charge in [-0.15, -0.1) is 0 Å². The van der Waals surface area contributed by atoms with Crippen LogP contribution in [-0.2, 0) is 0 Å². The molecule has 2 fully saturated rings. The van der Waals surface area contributed by atoms with Gasteiger partial charge in [0.1, 0.15) is 0 Å². The van der Waals surface area contributed by atoms with E-state index in [4.69, 9.17) is 4.74 Å². The summed E-state index contributed by atoms with van der Waals surface area (Å²) in [5, 5.41) is 9.66. The van der Waals surface area contributed by atoms with E-state index in [1.807, 2.05) is 24.3 Å². The van der Waals surface area contributed by atoms with Gasteiger partial charge in [-0.25, -0.2) is 4.39 Å². The number of methoxy groups -OCH3 is 1. The van der Waals surface area contributed by atoms with Crippen molar-refractivity contribution in [1.82, 2.24) is 4.90 Å². The molecule has 5 heteroatoms. The Morgan fingerprint density at radius 3 is 2.65 bits per heavy atom. The molecule has 31 heavy (non-hydrogen) atoms. The van der Waals surface area contributed by atoms with Gasteiger partial charge in [0.05, 0.1) is 13.2 Å². The molecule has 1 heterocycles. The third kappa shape index (κ3) is 4.93. The van der Waals surface area contributed by atoms with Gasteiger partial charge in [-0.3, -0.25) is 4.79 Å². The molecule has 0 bridgehead atoms. The Kier molecular flexibility index (Phi) is 6.61. The molecule has 1 aliphatic heterocycles. The molecular formula is C26H32FNO3. The molecule has 2 aliphatic rings. The van der Waals surface area contributed by atoms with Crippen molar-refractivity contribution in [1.29, 1.82) is 0 Å². The molecule has 4 rings (SSSR count). The van der Waals surface area contributed by atoms with Gasteiger partial charge in [0.25, 0.3) is 5.91 Å². The largest absolute Gasteiger partial charge is 0.494 e. The number of benzene rings is 2. The number of ether oxygens (including phenoxy) is 1. The van der Waals surface area contributed by atoms with Crippen LogP contribution in [0.1, 0.15) is 72.3 Å². The van der Waals surface area contributed by atoms with E-state index in [0.717, 1.165) is 24.8 Å². The van der Waals surface area contributed by atoms with Crippen molar-refractivity contribution < 1.29 is 19.0 Å². The predicted molar refractivity (Wildman–Crippen MR) is 119 cm³/mol. The lowest BCUT2D eigenvalue weighted by Crippen LogP contribution is -2.29. The minimum absolute atomic E-state index is 0.0101. The van der Waals surface area contributed by atoms with E-state index in [0.29, 0.717) is 48.6 Å². The van der Waals surface area contributed by atoms with E-state index in [1.165, 1.54) is 25.2 Å². The van der Waals surface area contributed by atoms with Crippen LogP contribution < -0.4 is 4.74 Å². The van der Waals surface area contributed by atoms with Gasteiger partial charge >= 0.3 is 0 Å². The number of hydrogen-bond acceptors (Lipinski definition) is 3. The summed E-state index contributed by atoms with van der Waals surface area (Å²) in [6.07, 6.45) is 4.86. The number of aliphatic hydroxyl groups excluding tert-OH is 1. The van der Waals surface area contributed by atoms with E-state index in [2.05, 4.69) is 19.1 Å². The summed E-state index contributed by atoms with van der Waals surface area (Å²) in [6.45, 7) is 3.27. The van der Waals surface area contributed by atoms with E-state index in [9.17, 15) is 14.3 Å². The molecular weight excluding hydrogens is 393 g/mol. The predicted octanol–water partition coefficient (Wildman–Crippen LogP) is 5.12. The van der Waals surface area contributed by atoms with Crippen LogP contribution in [0.3, 0.4) is 0 Å². The second-order valence-corrected chi connectivity index (χ2v) is 9.22. The Morgan fingerprint density at radius 1 is 1.19 bits per heavy atom. The fourth-order valence-corrected chi connectivity index (χ4v) is 5.22. The van der Waals surface area contributed by atoms with Crippen LogP contribution >= 0.6 is 0 Å². The van der Waals surface area contributed by atoms with Crippen molar-refractivity contribution in [3.63, 3.8) is 0 Å². The van der Waals surface area contributed by atoms with Gasteiger partial charge in [-0.1, -0.05) is 25.1 Å². The Morgan fingerprint density at radius 2 is 1.97 bits per heavy atom.